The molecule has 0 spiro atoms. The molecule has 1 fully saturated rings. The van der Waals surface area contributed by atoms with Gasteiger partial charge in [-0.3, -0.25) is 4.79 Å². The summed E-state index contributed by atoms with van der Waals surface area (Å²) in [5, 5.41) is 3.00. The molecule has 6 nitrogen and oxygen atoms in total. The van der Waals surface area contributed by atoms with Gasteiger partial charge in [-0.1, -0.05) is 17.7 Å². The lowest BCUT2D eigenvalue weighted by Gasteiger charge is -2.17. The average molecular weight is 473 g/mol. The number of hydrogen-bond acceptors (Lipinski definition) is 5. The van der Waals surface area contributed by atoms with Crippen molar-refractivity contribution in [2.24, 2.45) is 0 Å². The lowest BCUT2D eigenvalue weighted by Crippen LogP contribution is -2.28. The number of ether oxygens (including phenoxy) is 1. The first kappa shape index (κ1) is 22.9. The van der Waals surface area contributed by atoms with Gasteiger partial charge in [0.2, 0.25) is 15.9 Å². The summed E-state index contributed by atoms with van der Waals surface area (Å²) in [7, 11) is -2.18. The van der Waals surface area contributed by atoms with Crippen LogP contribution in [0.1, 0.15) is 18.4 Å². The average Bonchev–Trinajstić information content (AvgIpc) is 3.26. The number of sulfonamides is 1. The summed E-state index contributed by atoms with van der Waals surface area (Å²) in [4.78, 5) is 12.5. The molecule has 0 radical (unpaired) electrons. The molecular weight excluding hydrogens is 451 g/mol. The lowest BCUT2D eigenvalue weighted by molar-refractivity contribution is -0.113. The number of carbonyl (C=O) groups excluding carboxylic acids is 1. The molecule has 1 N–H and O–H groups in total. The van der Waals surface area contributed by atoms with Crippen molar-refractivity contribution in [3.63, 3.8) is 0 Å². The number of amides is 1. The Hall–Kier alpha value is -1.81. The first-order valence-corrected chi connectivity index (χ1v) is 12.3. The number of carbonyl (C=O) groups is 1. The van der Waals surface area contributed by atoms with Gasteiger partial charge in [0, 0.05) is 29.4 Å². The molecule has 10 heteroatoms. The first-order chi connectivity index (χ1) is 14.3. The van der Waals surface area contributed by atoms with Crippen molar-refractivity contribution in [1.29, 1.82) is 0 Å². The van der Waals surface area contributed by atoms with Crippen molar-refractivity contribution >= 4 is 45.0 Å². The van der Waals surface area contributed by atoms with Gasteiger partial charge < -0.3 is 10.1 Å². The number of anilines is 1. The first-order valence-electron chi connectivity index (χ1n) is 9.31. The van der Waals surface area contributed by atoms with Gasteiger partial charge >= 0.3 is 0 Å². The van der Waals surface area contributed by atoms with Gasteiger partial charge in [-0.05, 0) is 43.2 Å². The van der Waals surface area contributed by atoms with E-state index in [9.17, 15) is 17.6 Å². The van der Waals surface area contributed by atoms with Gasteiger partial charge in [0.25, 0.3) is 0 Å². The summed E-state index contributed by atoms with van der Waals surface area (Å²) in [5.41, 5.74) is 0.612. The van der Waals surface area contributed by atoms with Crippen LogP contribution >= 0.6 is 23.4 Å². The summed E-state index contributed by atoms with van der Waals surface area (Å²) < 4.78 is 46.1. The van der Waals surface area contributed by atoms with Crippen molar-refractivity contribution in [2.45, 2.75) is 23.5 Å². The minimum atomic E-state index is -3.62. The summed E-state index contributed by atoms with van der Waals surface area (Å²) in [5.74, 6) is -0.152. The molecule has 0 bridgehead atoms. The van der Waals surface area contributed by atoms with Crippen LogP contribution in [0.25, 0.3) is 0 Å². The topological polar surface area (TPSA) is 75.7 Å². The Labute approximate surface area is 184 Å². The predicted molar refractivity (Wildman–Crippen MR) is 117 cm³/mol. The van der Waals surface area contributed by atoms with E-state index in [4.69, 9.17) is 16.3 Å². The second-order valence-electron chi connectivity index (χ2n) is 6.71. The summed E-state index contributed by atoms with van der Waals surface area (Å²) >= 11 is 7.20. The molecule has 3 rings (SSSR count). The standard InChI is InChI=1S/C20H22ClFN2O4S2/c1-28-19-8-7-14(30(26,27)24-9-2-3-10-24)11-18(19)23-20(25)13-29-12-15-16(21)5-4-6-17(15)22/h4-8,11H,2-3,9-10,12-13H2,1H3,(H,23,25). The van der Waals surface area contributed by atoms with Crippen LogP contribution in [0.3, 0.4) is 0 Å². The van der Waals surface area contributed by atoms with Crippen molar-refractivity contribution < 1.29 is 22.3 Å². The molecule has 0 atom stereocenters. The Bertz CT molecular complexity index is 1010. The quantitative estimate of drug-likeness (QED) is 0.624. The Morgan fingerprint density at radius 1 is 1.27 bits per heavy atom. The normalized spacial score (nSPS) is 14.6. The highest BCUT2D eigenvalue weighted by Crippen LogP contribution is 2.30. The minimum Gasteiger partial charge on any atom is -0.495 e. The monoisotopic (exact) mass is 472 g/mol. The molecular formula is C20H22ClFN2O4S2. The van der Waals surface area contributed by atoms with E-state index < -0.39 is 15.8 Å². The summed E-state index contributed by atoms with van der Waals surface area (Å²) in [6, 6.07) is 8.83. The third-order valence-corrected chi connectivity index (χ3v) is 7.90. The highest BCUT2D eigenvalue weighted by atomic mass is 35.5. The van der Waals surface area contributed by atoms with E-state index in [1.54, 1.807) is 6.07 Å². The molecule has 2 aromatic rings. The molecule has 1 amide bonds. The fourth-order valence-corrected chi connectivity index (χ4v) is 5.84. The molecule has 0 aromatic heterocycles. The largest absolute Gasteiger partial charge is 0.495 e. The zero-order valence-electron chi connectivity index (χ0n) is 16.4. The lowest BCUT2D eigenvalue weighted by atomic mass is 10.2. The van der Waals surface area contributed by atoms with Gasteiger partial charge in [0.05, 0.1) is 23.4 Å². The number of hydrogen-bond donors (Lipinski definition) is 1. The predicted octanol–water partition coefficient (Wildman–Crippen LogP) is 4.14. The molecule has 1 aliphatic rings. The number of rotatable bonds is 8. The zero-order valence-corrected chi connectivity index (χ0v) is 18.7. The van der Waals surface area contributed by atoms with E-state index >= 15 is 0 Å². The SMILES string of the molecule is COc1ccc(S(=O)(=O)N2CCCC2)cc1NC(=O)CSCc1c(F)cccc1Cl. The number of nitrogens with zero attached hydrogens (tertiary/aromatic N) is 1. The van der Waals surface area contributed by atoms with Gasteiger partial charge in [-0.2, -0.15) is 4.31 Å². The molecule has 0 unspecified atom stereocenters. The molecule has 2 aromatic carbocycles. The van der Waals surface area contributed by atoms with Crippen LogP contribution in [0.15, 0.2) is 41.3 Å². The smallest absolute Gasteiger partial charge is 0.243 e. The molecule has 1 heterocycles. The van der Waals surface area contributed by atoms with Crippen LogP contribution in [-0.4, -0.2) is 44.6 Å². The van der Waals surface area contributed by atoms with Crippen molar-refractivity contribution in [3.05, 3.63) is 52.8 Å². The van der Waals surface area contributed by atoms with Crippen LogP contribution in [0.5, 0.6) is 5.75 Å². The molecule has 1 aliphatic heterocycles. The zero-order chi connectivity index (χ0) is 21.7. The summed E-state index contributed by atoms with van der Waals surface area (Å²) in [6.07, 6.45) is 1.67. The third kappa shape index (κ3) is 5.26. The Morgan fingerprint density at radius 3 is 2.67 bits per heavy atom. The van der Waals surface area contributed by atoms with Gasteiger partial charge in [0.15, 0.2) is 0 Å². The van der Waals surface area contributed by atoms with E-state index in [1.165, 1.54) is 53.5 Å². The molecule has 162 valence electrons. The van der Waals surface area contributed by atoms with Crippen LogP contribution in [0, 0.1) is 5.82 Å². The minimum absolute atomic E-state index is 0.0386. The molecule has 0 aliphatic carbocycles. The highest BCUT2D eigenvalue weighted by Gasteiger charge is 2.28. The van der Waals surface area contributed by atoms with Crippen LogP contribution < -0.4 is 10.1 Å². The number of nitrogens with one attached hydrogen (secondary N) is 1. The maximum Gasteiger partial charge on any atom is 0.243 e. The van der Waals surface area contributed by atoms with Gasteiger partial charge in [-0.15, -0.1) is 11.8 Å². The number of halogens is 2. The molecule has 0 saturated carbocycles. The maximum absolute atomic E-state index is 13.8. The van der Waals surface area contributed by atoms with E-state index in [-0.39, 0.29) is 28.0 Å². The number of methoxy groups -OCH3 is 1. The second kappa shape index (κ2) is 10.00. The third-order valence-electron chi connectivity index (χ3n) is 4.69. The van der Waals surface area contributed by atoms with Crippen LogP contribution in [0.4, 0.5) is 10.1 Å². The number of thioether (sulfide) groups is 1. The van der Waals surface area contributed by atoms with E-state index in [0.29, 0.717) is 29.4 Å². The van der Waals surface area contributed by atoms with Gasteiger partial charge in [0.1, 0.15) is 11.6 Å². The fraction of sp³-hybridized carbons (Fsp3) is 0.350. The van der Waals surface area contributed by atoms with Gasteiger partial charge in [-0.25, -0.2) is 12.8 Å². The highest BCUT2D eigenvalue weighted by molar-refractivity contribution is 7.99. The van der Waals surface area contributed by atoms with Crippen molar-refractivity contribution in [1.82, 2.24) is 4.31 Å². The van der Waals surface area contributed by atoms with Crippen LogP contribution in [0.2, 0.25) is 5.02 Å². The van der Waals surface area contributed by atoms with E-state index in [0.717, 1.165) is 12.8 Å². The van der Waals surface area contributed by atoms with E-state index in [1.807, 2.05) is 0 Å². The molecule has 30 heavy (non-hydrogen) atoms. The van der Waals surface area contributed by atoms with E-state index in [2.05, 4.69) is 5.32 Å². The Balaban J connectivity index is 1.68. The maximum atomic E-state index is 13.8. The Morgan fingerprint density at radius 2 is 2.00 bits per heavy atom. The fourth-order valence-electron chi connectivity index (χ4n) is 3.13. The Kier molecular flexibility index (Phi) is 7.62. The van der Waals surface area contributed by atoms with Crippen LogP contribution in [-0.2, 0) is 20.6 Å². The van der Waals surface area contributed by atoms with Crippen molar-refractivity contribution in [3.8, 4) is 5.75 Å². The molecule has 1 saturated heterocycles. The summed E-state index contributed by atoms with van der Waals surface area (Å²) in [6.45, 7) is 0.983. The number of benzene rings is 2. The second-order valence-corrected chi connectivity index (χ2v) is 10.0. The van der Waals surface area contributed by atoms with Crippen molar-refractivity contribution in [2.75, 3.05) is 31.3 Å².